The fourth-order valence-electron chi connectivity index (χ4n) is 4.55. The summed E-state index contributed by atoms with van der Waals surface area (Å²) in [5.74, 6) is 1.32. The Kier molecular flexibility index (Phi) is 8.84. The molecular weight excluding hydrogens is 490 g/mol. The minimum atomic E-state index is -3.83. The molecule has 1 saturated heterocycles. The molecular formula is C29H33NO6S. The molecule has 1 atom stereocenters. The fourth-order valence-corrected chi connectivity index (χ4v) is 6.20. The SMILES string of the molecule is CCCc1cc(Oc2ccccc2)ccc1OCCCc1ccc(S(=O)(=O)N2CCC[C@@H]2C(=O)O)cc1. The van der Waals surface area contributed by atoms with E-state index >= 15 is 0 Å². The smallest absolute Gasteiger partial charge is 0.322 e. The van der Waals surface area contributed by atoms with E-state index in [1.54, 1.807) is 24.3 Å². The highest BCUT2D eigenvalue weighted by Gasteiger charge is 2.39. The Bertz CT molecular complexity index is 1290. The number of carboxylic acids is 1. The number of benzene rings is 3. The highest BCUT2D eigenvalue weighted by atomic mass is 32.2. The van der Waals surface area contributed by atoms with Crippen LogP contribution < -0.4 is 9.47 Å². The van der Waals surface area contributed by atoms with E-state index in [0.29, 0.717) is 19.4 Å². The summed E-state index contributed by atoms with van der Waals surface area (Å²) in [4.78, 5) is 11.5. The summed E-state index contributed by atoms with van der Waals surface area (Å²) in [6.07, 6.45) is 4.28. The third-order valence-corrected chi connectivity index (χ3v) is 8.34. The third-order valence-electron chi connectivity index (χ3n) is 6.42. The number of carboxylic acid groups (broad SMARTS) is 1. The van der Waals surface area contributed by atoms with Crippen molar-refractivity contribution in [1.29, 1.82) is 0 Å². The number of hydrogen-bond donors (Lipinski definition) is 1. The van der Waals surface area contributed by atoms with Crippen molar-refractivity contribution in [3.63, 3.8) is 0 Å². The lowest BCUT2D eigenvalue weighted by Gasteiger charge is -2.21. The molecule has 3 aromatic rings. The molecule has 0 saturated carbocycles. The van der Waals surface area contributed by atoms with Crippen molar-refractivity contribution in [2.45, 2.75) is 56.4 Å². The Balaban J connectivity index is 1.32. The van der Waals surface area contributed by atoms with E-state index in [0.717, 1.165) is 58.4 Å². The molecule has 0 aromatic heterocycles. The van der Waals surface area contributed by atoms with Crippen LogP contribution >= 0.6 is 0 Å². The standard InChI is InChI=1S/C29H33NO6S/c1-2-8-23-21-25(36-24-10-4-3-5-11-24)15-18-28(23)35-20-7-9-22-13-16-26(17-14-22)37(33,34)30-19-6-12-27(30)29(31)32/h3-5,10-11,13-18,21,27H,2,6-9,12,19-20H2,1H3,(H,31,32)/t27-/m1/s1. The summed E-state index contributed by atoms with van der Waals surface area (Å²) < 4.78 is 39.0. The molecule has 0 unspecified atom stereocenters. The molecule has 8 heteroatoms. The van der Waals surface area contributed by atoms with Crippen molar-refractivity contribution in [1.82, 2.24) is 4.31 Å². The lowest BCUT2D eigenvalue weighted by molar-refractivity contribution is -0.140. The molecule has 0 aliphatic carbocycles. The first kappa shape index (κ1) is 26.7. The maximum absolute atomic E-state index is 12.9. The number of carbonyl (C=O) groups is 1. The summed E-state index contributed by atoms with van der Waals surface area (Å²) in [5.41, 5.74) is 2.10. The summed E-state index contributed by atoms with van der Waals surface area (Å²) >= 11 is 0. The number of aliphatic carboxylic acids is 1. The van der Waals surface area contributed by atoms with Crippen LogP contribution in [-0.2, 0) is 27.7 Å². The van der Waals surface area contributed by atoms with E-state index in [-0.39, 0.29) is 11.4 Å². The van der Waals surface area contributed by atoms with Crippen molar-refractivity contribution in [3.8, 4) is 17.2 Å². The zero-order valence-electron chi connectivity index (χ0n) is 21.0. The van der Waals surface area contributed by atoms with Crippen molar-refractivity contribution in [2.75, 3.05) is 13.2 Å². The van der Waals surface area contributed by atoms with Crippen molar-refractivity contribution in [2.24, 2.45) is 0 Å². The van der Waals surface area contributed by atoms with Crippen molar-refractivity contribution < 1.29 is 27.8 Å². The maximum atomic E-state index is 12.9. The molecule has 7 nitrogen and oxygen atoms in total. The summed E-state index contributed by atoms with van der Waals surface area (Å²) in [7, 11) is -3.83. The van der Waals surface area contributed by atoms with Crippen LogP contribution in [0.15, 0.2) is 77.7 Å². The minimum Gasteiger partial charge on any atom is -0.493 e. The van der Waals surface area contributed by atoms with Crippen molar-refractivity contribution >= 4 is 16.0 Å². The van der Waals surface area contributed by atoms with Gasteiger partial charge in [-0.25, -0.2) is 8.42 Å². The van der Waals surface area contributed by atoms with Crippen LogP contribution in [0.3, 0.4) is 0 Å². The van der Waals surface area contributed by atoms with Gasteiger partial charge in [0, 0.05) is 6.54 Å². The average molecular weight is 524 g/mol. The van der Waals surface area contributed by atoms with Gasteiger partial charge in [0.05, 0.1) is 11.5 Å². The van der Waals surface area contributed by atoms with Crippen LogP contribution in [0.5, 0.6) is 17.2 Å². The van der Waals surface area contributed by atoms with Gasteiger partial charge in [-0.3, -0.25) is 4.79 Å². The molecule has 1 aliphatic heterocycles. The Hall–Kier alpha value is -3.36. The predicted octanol–water partition coefficient (Wildman–Crippen LogP) is 5.68. The largest absolute Gasteiger partial charge is 0.493 e. The molecule has 1 N–H and O–H groups in total. The second-order valence-electron chi connectivity index (χ2n) is 9.14. The molecule has 0 spiro atoms. The number of aryl methyl sites for hydroxylation is 2. The summed E-state index contributed by atoms with van der Waals surface area (Å²) in [6, 6.07) is 21.3. The number of para-hydroxylation sites is 1. The van der Waals surface area contributed by atoms with Crippen molar-refractivity contribution in [3.05, 3.63) is 83.9 Å². The average Bonchev–Trinajstić information content (AvgIpc) is 3.40. The van der Waals surface area contributed by atoms with Crippen LogP contribution in [0.4, 0.5) is 0 Å². The quantitative estimate of drug-likeness (QED) is 0.307. The number of ether oxygens (including phenoxy) is 2. The van der Waals surface area contributed by atoms with E-state index < -0.39 is 22.0 Å². The normalized spacial score (nSPS) is 16.0. The fraction of sp³-hybridized carbons (Fsp3) is 0.345. The molecule has 0 radical (unpaired) electrons. The predicted molar refractivity (Wildman–Crippen MR) is 142 cm³/mol. The second-order valence-corrected chi connectivity index (χ2v) is 11.0. The van der Waals surface area contributed by atoms with E-state index in [1.165, 1.54) is 0 Å². The monoisotopic (exact) mass is 523 g/mol. The Morgan fingerprint density at radius 1 is 1.00 bits per heavy atom. The molecule has 4 rings (SSSR count). The number of rotatable bonds is 12. The second kappa shape index (κ2) is 12.3. The summed E-state index contributed by atoms with van der Waals surface area (Å²) in [6.45, 7) is 2.89. The van der Waals surface area contributed by atoms with Gasteiger partial charge in [-0.05, 0) is 85.7 Å². The molecule has 3 aromatic carbocycles. The van der Waals surface area contributed by atoms with Gasteiger partial charge in [0.2, 0.25) is 10.0 Å². The van der Waals surface area contributed by atoms with Gasteiger partial charge in [-0.15, -0.1) is 0 Å². The van der Waals surface area contributed by atoms with E-state index in [4.69, 9.17) is 9.47 Å². The highest BCUT2D eigenvalue weighted by Crippen LogP contribution is 2.29. The Morgan fingerprint density at radius 3 is 2.46 bits per heavy atom. The van der Waals surface area contributed by atoms with Gasteiger partial charge in [-0.1, -0.05) is 43.7 Å². The Morgan fingerprint density at radius 2 is 1.76 bits per heavy atom. The van der Waals surface area contributed by atoms with Crippen LogP contribution in [0, 0.1) is 0 Å². The van der Waals surface area contributed by atoms with Crippen LogP contribution in [0.25, 0.3) is 0 Å². The molecule has 0 bridgehead atoms. The van der Waals surface area contributed by atoms with Gasteiger partial charge in [0.15, 0.2) is 0 Å². The maximum Gasteiger partial charge on any atom is 0.322 e. The summed E-state index contributed by atoms with van der Waals surface area (Å²) in [5, 5.41) is 9.34. The number of hydrogen-bond acceptors (Lipinski definition) is 5. The highest BCUT2D eigenvalue weighted by molar-refractivity contribution is 7.89. The molecule has 1 fully saturated rings. The Labute approximate surface area is 218 Å². The number of sulfonamides is 1. The van der Waals surface area contributed by atoms with Gasteiger partial charge in [-0.2, -0.15) is 4.31 Å². The number of nitrogens with zero attached hydrogens (tertiary/aromatic N) is 1. The van der Waals surface area contributed by atoms with Crippen LogP contribution in [0.2, 0.25) is 0 Å². The van der Waals surface area contributed by atoms with E-state index in [2.05, 4.69) is 6.92 Å². The van der Waals surface area contributed by atoms with Gasteiger partial charge >= 0.3 is 5.97 Å². The minimum absolute atomic E-state index is 0.127. The van der Waals surface area contributed by atoms with E-state index in [1.807, 2.05) is 48.5 Å². The van der Waals surface area contributed by atoms with Gasteiger partial charge in [0.1, 0.15) is 23.3 Å². The molecule has 0 amide bonds. The first-order chi connectivity index (χ1) is 17.9. The van der Waals surface area contributed by atoms with Crippen LogP contribution in [0.1, 0.15) is 43.7 Å². The third kappa shape index (κ3) is 6.70. The van der Waals surface area contributed by atoms with Gasteiger partial charge in [0.25, 0.3) is 0 Å². The first-order valence-electron chi connectivity index (χ1n) is 12.7. The molecule has 37 heavy (non-hydrogen) atoms. The first-order valence-corrected chi connectivity index (χ1v) is 14.1. The zero-order chi connectivity index (χ0) is 26.3. The lowest BCUT2D eigenvalue weighted by Crippen LogP contribution is -2.40. The molecule has 196 valence electrons. The topological polar surface area (TPSA) is 93.1 Å². The zero-order valence-corrected chi connectivity index (χ0v) is 21.8. The van der Waals surface area contributed by atoms with E-state index in [9.17, 15) is 18.3 Å². The van der Waals surface area contributed by atoms with Crippen LogP contribution in [-0.4, -0.2) is 43.0 Å². The molecule has 1 aliphatic rings. The lowest BCUT2D eigenvalue weighted by atomic mass is 10.1. The molecule has 1 heterocycles. The van der Waals surface area contributed by atoms with Gasteiger partial charge < -0.3 is 14.6 Å².